The number of ether oxygens (including phenoxy) is 2. The third-order valence-corrected chi connectivity index (χ3v) is 3.66. The molecule has 1 N–H and O–H groups in total. The molecule has 0 fully saturated rings. The Labute approximate surface area is 156 Å². The van der Waals surface area contributed by atoms with E-state index in [0.29, 0.717) is 17.0 Å². The summed E-state index contributed by atoms with van der Waals surface area (Å²) < 4.78 is 23.3. The summed E-state index contributed by atoms with van der Waals surface area (Å²) in [6.07, 6.45) is -2.05. The molecule has 2 atom stereocenters. The Morgan fingerprint density at radius 1 is 1.00 bits per heavy atom. The highest BCUT2D eigenvalue weighted by Crippen LogP contribution is 2.15. The summed E-state index contributed by atoms with van der Waals surface area (Å²) in [5, 5.41) is 2.59. The SMILES string of the molecule is CC(=O)c1cccc(NC(=O)[C@@H](C)OC(=O)[C@H](C)Oc2ccc(F)cc2)c1. The molecule has 0 heterocycles. The van der Waals surface area contributed by atoms with Gasteiger partial charge < -0.3 is 14.8 Å². The summed E-state index contributed by atoms with van der Waals surface area (Å²) in [6.45, 7) is 4.31. The summed E-state index contributed by atoms with van der Waals surface area (Å²) in [4.78, 5) is 35.7. The Morgan fingerprint density at radius 2 is 1.67 bits per heavy atom. The van der Waals surface area contributed by atoms with Gasteiger partial charge in [0.05, 0.1) is 0 Å². The fourth-order valence-electron chi connectivity index (χ4n) is 2.15. The first-order valence-electron chi connectivity index (χ1n) is 8.31. The van der Waals surface area contributed by atoms with E-state index in [9.17, 15) is 18.8 Å². The highest BCUT2D eigenvalue weighted by Gasteiger charge is 2.23. The fourth-order valence-corrected chi connectivity index (χ4v) is 2.15. The third-order valence-electron chi connectivity index (χ3n) is 3.66. The van der Waals surface area contributed by atoms with Gasteiger partial charge in [-0.1, -0.05) is 12.1 Å². The van der Waals surface area contributed by atoms with Crippen LogP contribution in [-0.2, 0) is 14.3 Å². The number of benzene rings is 2. The van der Waals surface area contributed by atoms with E-state index in [4.69, 9.17) is 9.47 Å². The molecule has 0 saturated heterocycles. The Kier molecular flexibility index (Phi) is 6.65. The highest BCUT2D eigenvalue weighted by molar-refractivity contribution is 5.98. The van der Waals surface area contributed by atoms with Crippen LogP contribution in [0.1, 0.15) is 31.1 Å². The maximum atomic E-state index is 12.9. The van der Waals surface area contributed by atoms with Crippen molar-refractivity contribution in [1.82, 2.24) is 0 Å². The fraction of sp³-hybridized carbons (Fsp3) is 0.250. The average molecular weight is 373 g/mol. The lowest BCUT2D eigenvalue weighted by atomic mass is 10.1. The molecule has 0 spiro atoms. The lowest BCUT2D eigenvalue weighted by molar-refractivity contribution is -0.159. The van der Waals surface area contributed by atoms with Crippen LogP contribution in [0.4, 0.5) is 10.1 Å². The highest BCUT2D eigenvalue weighted by atomic mass is 19.1. The number of rotatable bonds is 7. The molecule has 0 aromatic heterocycles. The Balaban J connectivity index is 1.90. The summed E-state index contributed by atoms with van der Waals surface area (Å²) in [7, 11) is 0. The van der Waals surface area contributed by atoms with Crippen molar-refractivity contribution in [2.75, 3.05) is 5.32 Å². The number of ketones is 1. The van der Waals surface area contributed by atoms with Crippen molar-refractivity contribution in [1.29, 1.82) is 0 Å². The van der Waals surface area contributed by atoms with Crippen molar-refractivity contribution in [3.05, 3.63) is 59.9 Å². The van der Waals surface area contributed by atoms with Crippen molar-refractivity contribution in [3.8, 4) is 5.75 Å². The Hall–Kier alpha value is -3.22. The molecule has 0 saturated carbocycles. The first kappa shape index (κ1) is 20.1. The smallest absolute Gasteiger partial charge is 0.347 e. The van der Waals surface area contributed by atoms with Gasteiger partial charge in [0.2, 0.25) is 0 Å². The Morgan fingerprint density at radius 3 is 2.30 bits per heavy atom. The molecular weight excluding hydrogens is 353 g/mol. The van der Waals surface area contributed by atoms with Crippen molar-refractivity contribution in [3.63, 3.8) is 0 Å². The molecule has 6 nitrogen and oxygen atoms in total. The zero-order valence-electron chi connectivity index (χ0n) is 15.2. The molecule has 2 aromatic rings. The molecule has 0 unspecified atom stereocenters. The minimum absolute atomic E-state index is 0.127. The van der Waals surface area contributed by atoms with Crippen molar-refractivity contribution >= 4 is 23.3 Å². The second-order valence-corrected chi connectivity index (χ2v) is 5.92. The van der Waals surface area contributed by atoms with E-state index in [2.05, 4.69) is 5.32 Å². The van der Waals surface area contributed by atoms with Crippen molar-refractivity contribution < 1.29 is 28.2 Å². The van der Waals surface area contributed by atoms with E-state index in [1.807, 2.05) is 0 Å². The van der Waals surface area contributed by atoms with E-state index in [0.717, 1.165) is 0 Å². The van der Waals surface area contributed by atoms with E-state index < -0.39 is 29.9 Å². The first-order valence-corrected chi connectivity index (χ1v) is 8.31. The normalized spacial score (nSPS) is 12.6. The zero-order chi connectivity index (χ0) is 20.0. The lowest BCUT2D eigenvalue weighted by Gasteiger charge is -2.18. The van der Waals surface area contributed by atoms with Gasteiger partial charge in [0.25, 0.3) is 5.91 Å². The number of anilines is 1. The van der Waals surface area contributed by atoms with Crippen LogP contribution in [0.5, 0.6) is 5.75 Å². The zero-order valence-corrected chi connectivity index (χ0v) is 15.2. The van der Waals surface area contributed by atoms with Gasteiger partial charge in [-0.15, -0.1) is 0 Å². The van der Waals surface area contributed by atoms with Gasteiger partial charge in [-0.2, -0.15) is 0 Å². The predicted octanol–water partition coefficient (Wildman–Crippen LogP) is 3.37. The van der Waals surface area contributed by atoms with Crippen molar-refractivity contribution in [2.24, 2.45) is 0 Å². The van der Waals surface area contributed by atoms with E-state index in [1.54, 1.807) is 18.2 Å². The van der Waals surface area contributed by atoms with E-state index in [1.165, 1.54) is 51.1 Å². The van der Waals surface area contributed by atoms with Crippen LogP contribution in [0.2, 0.25) is 0 Å². The first-order chi connectivity index (χ1) is 12.8. The van der Waals surface area contributed by atoms with Gasteiger partial charge in [0, 0.05) is 11.3 Å². The van der Waals surface area contributed by atoms with Crippen LogP contribution < -0.4 is 10.1 Å². The van der Waals surface area contributed by atoms with Crippen LogP contribution in [0.15, 0.2) is 48.5 Å². The van der Waals surface area contributed by atoms with Crippen LogP contribution in [-0.4, -0.2) is 29.9 Å². The molecule has 7 heteroatoms. The molecule has 27 heavy (non-hydrogen) atoms. The van der Waals surface area contributed by atoms with Crippen molar-refractivity contribution in [2.45, 2.75) is 33.0 Å². The summed E-state index contributed by atoms with van der Waals surface area (Å²) >= 11 is 0. The number of halogens is 1. The van der Waals surface area contributed by atoms with Gasteiger partial charge >= 0.3 is 5.97 Å². The van der Waals surface area contributed by atoms with E-state index >= 15 is 0 Å². The monoisotopic (exact) mass is 373 g/mol. The molecule has 2 rings (SSSR count). The number of Topliss-reactive ketones (excluding diaryl/α,β-unsaturated/α-hetero) is 1. The standard InChI is InChI=1S/C20H20FNO5/c1-12(23)15-5-4-6-17(11-15)22-19(24)13(2)27-20(25)14(3)26-18-9-7-16(21)8-10-18/h4-11,13-14H,1-3H3,(H,22,24)/t13-,14+/m1/s1. The average Bonchev–Trinajstić information content (AvgIpc) is 2.63. The summed E-state index contributed by atoms with van der Waals surface area (Å²) in [5.41, 5.74) is 0.880. The maximum absolute atomic E-state index is 12.9. The molecule has 2 aromatic carbocycles. The number of carbonyl (C=O) groups is 3. The van der Waals surface area contributed by atoms with E-state index in [-0.39, 0.29) is 5.78 Å². The quantitative estimate of drug-likeness (QED) is 0.594. The second-order valence-electron chi connectivity index (χ2n) is 5.92. The minimum atomic E-state index is -1.07. The molecule has 0 aliphatic heterocycles. The van der Waals surface area contributed by atoms with Gasteiger partial charge in [-0.3, -0.25) is 9.59 Å². The maximum Gasteiger partial charge on any atom is 0.347 e. The number of hydrogen-bond acceptors (Lipinski definition) is 5. The lowest BCUT2D eigenvalue weighted by Crippen LogP contribution is -2.35. The van der Waals surface area contributed by atoms with Crippen LogP contribution in [0.3, 0.4) is 0 Å². The van der Waals surface area contributed by atoms with Crippen LogP contribution in [0, 0.1) is 5.82 Å². The molecule has 1 amide bonds. The molecule has 0 aliphatic rings. The van der Waals surface area contributed by atoms with Crippen LogP contribution >= 0.6 is 0 Å². The molecule has 0 radical (unpaired) electrons. The van der Waals surface area contributed by atoms with Gasteiger partial charge in [0.1, 0.15) is 11.6 Å². The second kappa shape index (κ2) is 8.93. The number of amides is 1. The summed E-state index contributed by atoms with van der Waals surface area (Å²) in [6, 6.07) is 11.6. The summed E-state index contributed by atoms with van der Waals surface area (Å²) in [5.74, 6) is -1.52. The number of hydrogen-bond donors (Lipinski definition) is 1. The number of nitrogens with one attached hydrogen (secondary N) is 1. The minimum Gasteiger partial charge on any atom is -0.479 e. The third kappa shape index (κ3) is 5.91. The molecular formula is C20H20FNO5. The number of carbonyl (C=O) groups excluding carboxylic acids is 3. The topological polar surface area (TPSA) is 81.7 Å². The largest absolute Gasteiger partial charge is 0.479 e. The van der Waals surface area contributed by atoms with Gasteiger partial charge in [-0.25, -0.2) is 9.18 Å². The van der Waals surface area contributed by atoms with Crippen LogP contribution in [0.25, 0.3) is 0 Å². The molecule has 0 bridgehead atoms. The Bertz CT molecular complexity index is 835. The predicted molar refractivity (Wildman–Crippen MR) is 97.1 cm³/mol. The van der Waals surface area contributed by atoms with Gasteiger partial charge in [0.15, 0.2) is 18.0 Å². The van der Waals surface area contributed by atoms with Gasteiger partial charge in [-0.05, 0) is 57.2 Å². The molecule has 142 valence electrons. The number of esters is 1. The molecule has 0 aliphatic carbocycles.